The van der Waals surface area contributed by atoms with E-state index in [1.165, 1.54) is 0 Å². The Kier molecular flexibility index (Phi) is 3.25. The highest BCUT2D eigenvalue weighted by Crippen LogP contribution is 2.37. The van der Waals surface area contributed by atoms with Crippen LogP contribution in [0.25, 0.3) is 0 Å². The van der Waals surface area contributed by atoms with Crippen molar-refractivity contribution in [3.8, 4) is 0 Å². The van der Waals surface area contributed by atoms with Crippen LogP contribution in [-0.2, 0) is 12.0 Å². The van der Waals surface area contributed by atoms with Gasteiger partial charge in [-0.3, -0.25) is 0 Å². The summed E-state index contributed by atoms with van der Waals surface area (Å²) in [5.74, 6) is 1.12. The van der Waals surface area contributed by atoms with Crippen molar-refractivity contribution in [2.75, 3.05) is 0 Å². The average molecular weight is 298 g/mol. The first-order valence-corrected chi connectivity index (χ1v) is 6.88. The molecule has 19 heavy (non-hydrogen) atoms. The number of nitrogens with zero attached hydrogens (tertiary/aromatic N) is 2. The normalized spacial score (nSPS) is 17.2. The molecule has 1 fully saturated rings. The van der Waals surface area contributed by atoms with Crippen LogP contribution in [0.3, 0.4) is 0 Å². The topological polar surface area (TPSA) is 64.9 Å². The molecule has 1 aromatic heterocycles. The second kappa shape index (κ2) is 4.78. The lowest BCUT2D eigenvalue weighted by molar-refractivity contribution is 0.229. The molecule has 0 saturated heterocycles. The zero-order chi connectivity index (χ0) is 13.5. The summed E-state index contributed by atoms with van der Waals surface area (Å²) in [5.41, 5.74) is 6.66. The van der Waals surface area contributed by atoms with Crippen molar-refractivity contribution in [2.45, 2.75) is 31.2 Å². The lowest BCUT2D eigenvalue weighted by Crippen LogP contribution is -2.44. The third-order valence-corrected chi connectivity index (χ3v) is 4.10. The van der Waals surface area contributed by atoms with Crippen LogP contribution >= 0.6 is 23.2 Å². The first-order valence-electron chi connectivity index (χ1n) is 6.13. The van der Waals surface area contributed by atoms with Gasteiger partial charge in [-0.1, -0.05) is 34.4 Å². The number of hydrogen-bond acceptors (Lipinski definition) is 4. The number of aromatic nitrogens is 2. The Balaban J connectivity index is 1.80. The Morgan fingerprint density at radius 1 is 1.32 bits per heavy atom. The van der Waals surface area contributed by atoms with Crippen LogP contribution in [0.2, 0.25) is 10.0 Å². The molecule has 1 heterocycles. The smallest absolute Gasteiger partial charge is 0.231 e. The minimum atomic E-state index is -0.397. The Morgan fingerprint density at radius 3 is 2.74 bits per heavy atom. The lowest BCUT2D eigenvalue weighted by Gasteiger charge is -2.34. The predicted octanol–water partition coefficient (Wildman–Crippen LogP) is 3.31. The van der Waals surface area contributed by atoms with Crippen molar-refractivity contribution in [3.63, 3.8) is 0 Å². The molecule has 0 spiro atoms. The largest absolute Gasteiger partial charge is 0.339 e. The highest BCUT2D eigenvalue weighted by Gasteiger charge is 2.38. The zero-order valence-electron chi connectivity index (χ0n) is 10.2. The maximum Gasteiger partial charge on any atom is 0.231 e. The summed E-state index contributed by atoms with van der Waals surface area (Å²) in [6.45, 7) is 0. The van der Waals surface area contributed by atoms with Gasteiger partial charge in [0.1, 0.15) is 0 Å². The van der Waals surface area contributed by atoms with Gasteiger partial charge < -0.3 is 10.3 Å². The molecule has 0 unspecified atom stereocenters. The molecule has 0 aliphatic heterocycles. The van der Waals surface area contributed by atoms with E-state index in [2.05, 4.69) is 10.1 Å². The van der Waals surface area contributed by atoms with Crippen LogP contribution in [0, 0.1) is 0 Å². The molecule has 2 aromatic rings. The highest BCUT2D eigenvalue weighted by atomic mass is 35.5. The lowest BCUT2D eigenvalue weighted by atomic mass is 9.77. The minimum Gasteiger partial charge on any atom is -0.339 e. The van der Waals surface area contributed by atoms with Crippen molar-refractivity contribution in [3.05, 3.63) is 45.5 Å². The van der Waals surface area contributed by atoms with Crippen LogP contribution in [0.4, 0.5) is 0 Å². The minimum absolute atomic E-state index is 0.397. The van der Waals surface area contributed by atoms with Gasteiger partial charge in [-0.2, -0.15) is 4.98 Å². The molecular formula is C13H13Cl2N3O. The van der Waals surface area contributed by atoms with Gasteiger partial charge in [-0.15, -0.1) is 0 Å². The van der Waals surface area contributed by atoms with Crippen LogP contribution in [0.1, 0.15) is 36.5 Å². The van der Waals surface area contributed by atoms with Gasteiger partial charge in [0.15, 0.2) is 5.82 Å². The Morgan fingerprint density at radius 2 is 2.11 bits per heavy atom. The molecule has 2 N–H and O–H groups in total. The van der Waals surface area contributed by atoms with E-state index in [-0.39, 0.29) is 0 Å². The van der Waals surface area contributed by atoms with Crippen molar-refractivity contribution in [1.29, 1.82) is 0 Å². The van der Waals surface area contributed by atoms with Gasteiger partial charge in [-0.05, 0) is 37.0 Å². The fourth-order valence-corrected chi connectivity index (χ4v) is 2.61. The molecule has 1 aliphatic carbocycles. The Bertz CT molecular complexity index is 608. The monoisotopic (exact) mass is 297 g/mol. The van der Waals surface area contributed by atoms with E-state index in [1.54, 1.807) is 12.1 Å². The average Bonchev–Trinajstić information content (AvgIpc) is 2.79. The standard InChI is InChI=1S/C13H13Cl2N3O/c14-9-3-2-8(10(15)7-9)6-11-17-12(18-19-11)13(16)4-1-5-13/h2-3,7H,1,4-6,16H2. The fourth-order valence-electron chi connectivity index (χ4n) is 2.14. The summed E-state index contributed by atoms with van der Waals surface area (Å²) in [4.78, 5) is 4.37. The van der Waals surface area contributed by atoms with Crippen molar-refractivity contribution < 1.29 is 4.52 Å². The number of halogens is 2. The number of rotatable bonds is 3. The molecule has 0 radical (unpaired) electrons. The first kappa shape index (κ1) is 12.9. The molecule has 6 heteroatoms. The summed E-state index contributed by atoms with van der Waals surface area (Å²) in [6.07, 6.45) is 3.42. The second-order valence-corrected chi connectivity index (χ2v) is 5.78. The molecule has 0 atom stereocenters. The predicted molar refractivity (Wildman–Crippen MR) is 73.3 cm³/mol. The van der Waals surface area contributed by atoms with Crippen molar-refractivity contribution >= 4 is 23.2 Å². The molecule has 1 aliphatic rings. The number of hydrogen-bond donors (Lipinski definition) is 1. The zero-order valence-corrected chi connectivity index (χ0v) is 11.7. The Labute approximate surface area is 120 Å². The molecule has 1 saturated carbocycles. The number of nitrogens with two attached hydrogens (primary N) is 1. The van der Waals surface area contributed by atoms with Gasteiger partial charge in [0, 0.05) is 10.0 Å². The van der Waals surface area contributed by atoms with Gasteiger partial charge in [0.2, 0.25) is 5.89 Å². The van der Waals surface area contributed by atoms with Crippen LogP contribution in [0.5, 0.6) is 0 Å². The van der Waals surface area contributed by atoms with Gasteiger partial charge in [0.05, 0.1) is 12.0 Å². The molecular weight excluding hydrogens is 285 g/mol. The van der Waals surface area contributed by atoms with E-state index in [0.717, 1.165) is 24.8 Å². The van der Waals surface area contributed by atoms with Gasteiger partial charge >= 0.3 is 0 Å². The second-order valence-electron chi connectivity index (χ2n) is 4.93. The molecule has 0 amide bonds. The molecule has 0 bridgehead atoms. The quantitative estimate of drug-likeness (QED) is 0.944. The van der Waals surface area contributed by atoms with Gasteiger partial charge in [0.25, 0.3) is 0 Å². The van der Waals surface area contributed by atoms with E-state index >= 15 is 0 Å². The van der Waals surface area contributed by atoms with Gasteiger partial charge in [-0.25, -0.2) is 0 Å². The van der Waals surface area contributed by atoms with E-state index in [4.69, 9.17) is 33.5 Å². The van der Waals surface area contributed by atoms with E-state index in [1.807, 2.05) is 6.07 Å². The summed E-state index contributed by atoms with van der Waals surface area (Å²) in [7, 11) is 0. The van der Waals surface area contributed by atoms with Crippen LogP contribution in [0.15, 0.2) is 22.7 Å². The van der Waals surface area contributed by atoms with Crippen LogP contribution < -0.4 is 5.73 Å². The van der Waals surface area contributed by atoms with E-state index in [9.17, 15) is 0 Å². The third-order valence-electron chi connectivity index (χ3n) is 3.52. The van der Waals surface area contributed by atoms with Crippen LogP contribution in [-0.4, -0.2) is 10.1 Å². The maximum atomic E-state index is 6.15. The molecule has 1 aromatic carbocycles. The summed E-state index contributed by atoms with van der Waals surface area (Å²) >= 11 is 12.0. The van der Waals surface area contributed by atoms with Crippen molar-refractivity contribution in [1.82, 2.24) is 10.1 Å². The highest BCUT2D eigenvalue weighted by molar-refractivity contribution is 6.35. The van der Waals surface area contributed by atoms with E-state index in [0.29, 0.717) is 28.2 Å². The third kappa shape index (κ3) is 2.48. The maximum absolute atomic E-state index is 6.15. The summed E-state index contributed by atoms with van der Waals surface area (Å²) < 4.78 is 5.24. The summed E-state index contributed by atoms with van der Waals surface area (Å²) in [5, 5.41) is 5.18. The molecule has 100 valence electrons. The fraction of sp³-hybridized carbons (Fsp3) is 0.385. The first-order chi connectivity index (χ1) is 9.07. The number of benzene rings is 1. The molecule has 4 nitrogen and oxygen atoms in total. The summed E-state index contributed by atoms with van der Waals surface area (Å²) in [6, 6.07) is 5.35. The van der Waals surface area contributed by atoms with E-state index < -0.39 is 5.54 Å². The van der Waals surface area contributed by atoms with Crippen molar-refractivity contribution in [2.24, 2.45) is 5.73 Å². The molecule has 3 rings (SSSR count). The SMILES string of the molecule is NC1(c2noc(Cc3ccc(Cl)cc3Cl)n2)CCC1. The Hall–Kier alpha value is -1.10.